The van der Waals surface area contributed by atoms with Gasteiger partial charge in [-0.2, -0.15) is 0 Å². The fourth-order valence-electron chi connectivity index (χ4n) is 3.49. The van der Waals surface area contributed by atoms with Crippen LogP contribution < -0.4 is 0 Å². The minimum absolute atomic E-state index is 0. The van der Waals surface area contributed by atoms with Crippen molar-refractivity contribution in [3.05, 3.63) is 109 Å². The maximum Gasteiger partial charge on any atom is 0.160 e. The molecule has 0 unspecified atom stereocenters. The molecule has 2 aromatic heterocycles. The Labute approximate surface area is 235 Å². The molecule has 0 fully saturated rings. The van der Waals surface area contributed by atoms with E-state index >= 15 is 0 Å². The molecule has 5 aromatic rings. The van der Waals surface area contributed by atoms with Crippen LogP contribution in [0.25, 0.3) is 45.2 Å². The van der Waals surface area contributed by atoms with Gasteiger partial charge in [-0.05, 0) is 36.4 Å². The summed E-state index contributed by atoms with van der Waals surface area (Å²) in [6.45, 7) is 0. The van der Waals surface area contributed by atoms with Crippen LogP contribution in [0.4, 0.5) is 0 Å². The molecule has 0 saturated carbocycles. The Morgan fingerprint density at radius 1 is 0.531 bits per heavy atom. The third-order valence-corrected chi connectivity index (χ3v) is 5.06. The van der Waals surface area contributed by atoms with Crippen LogP contribution in [-0.2, 0) is 0 Å². The average molecular weight is 487 g/mol. The zero-order chi connectivity index (χ0) is 21.0. The zero-order valence-corrected chi connectivity index (χ0v) is 22.6. The van der Waals surface area contributed by atoms with Gasteiger partial charge in [0.1, 0.15) is 5.75 Å². The number of phenols is 1. The summed E-state index contributed by atoms with van der Waals surface area (Å²) < 4.78 is 0. The van der Waals surface area contributed by atoms with Gasteiger partial charge in [-0.25, -0.2) is 9.97 Å². The van der Waals surface area contributed by atoms with E-state index in [0.29, 0.717) is 17.1 Å². The number of pyridine rings is 1. The first kappa shape index (κ1) is 22.7. The summed E-state index contributed by atoms with van der Waals surface area (Å²) in [6, 6.07) is 33.1. The summed E-state index contributed by atoms with van der Waals surface area (Å²) in [5, 5.41) is 10.4. The van der Waals surface area contributed by atoms with Crippen molar-refractivity contribution in [1.29, 1.82) is 0 Å². The molecule has 0 aliphatic heterocycles. The van der Waals surface area contributed by atoms with Gasteiger partial charge < -0.3 is 5.11 Å². The summed E-state index contributed by atoms with van der Waals surface area (Å²) >= 11 is 0. The molecule has 5 rings (SSSR count). The number of aromatic hydroxyl groups is 1. The quantitative estimate of drug-likeness (QED) is 0.345. The SMILES string of the molecule is Oc1ccc(-c2cc(-c3ccccc3)nc(-c3ccccc3)n2)cc1-c1ccccn1.[Rb]. The van der Waals surface area contributed by atoms with E-state index in [2.05, 4.69) is 4.98 Å². The summed E-state index contributed by atoms with van der Waals surface area (Å²) in [6.07, 6.45) is 1.72. The smallest absolute Gasteiger partial charge is 0.160 e. The number of rotatable bonds is 4. The van der Waals surface area contributed by atoms with Crippen molar-refractivity contribution in [3.63, 3.8) is 0 Å². The first-order valence-corrected chi connectivity index (χ1v) is 10.0. The fourth-order valence-corrected chi connectivity index (χ4v) is 3.49. The Hall–Kier alpha value is -2.50. The van der Waals surface area contributed by atoms with Crippen molar-refractivity contribution in [2.24, 2.45) is 0 Å². The molecule has 0 saturated heterocycles. The van der Waals surface area contributed by atoms with Crippen LogP contribution in [-0.4, -0.2) is 78.2 Å². The molecule has 0 spiro atoms. The van der Waals surface area contributed by atoms with E-state index in [0.717, 1.165) is 28.1 Å². The monoisotopic (exact) mass is 486 g/mol. The minimum Gasteiger partial charge on any atom is -0.507 e. The Morgan fingerprint density at radius 3 is 1.81 bits per heavy atom. The van der Waals surface area contributed by atoms with E-state index in [1.165, 1.54) is 0 Å². The maximum absolute atomic E-state index is 10.4. The second kappa shape index (κ2) is 10.4. The van der Waals surface area contributed by atoms with Gasteiger partial charge in [0, 0.05) is 86.6 Å². The van der Waals surface area contributed by atoms with Crippen molar-refractivity contribution in [1.82, 2.24) is 15.0 Å². The van der Waals surface area contributed by atoms with E-state index in [1.807, 2.05) is 97.1 Å². The van der Waals surface area contributed by atoms with E-state index < -0.39 is 0 Å². The molecule has 0 aliphatic carbocycles. The van der Waals surface area contributed by atoms with Crippen molar-refractivity contribution in [3.8, 4) is 50.9 Å². The molecule has 4 nitrogen and oxygen atoms in total. The van der Waals surface area contributed by atoms with Crippen LogP contribution in [0.1, 0.15) is 0 Å². The minimum atomic E-state index is 0. The molecule has 1 N–H and O–H groups in total. The van der Waals surface area contributed by atoms with Gasteiger partial charge in [-0.15, -0.1) is 0 Å². The topological polar surface area (TPSA) is 58.9 Å². The summed E-state index contributed by atoms with van der Waals surface area (Å²) in [4.78, 5) is 14.1. The molecule has 3 aromatic carbocycles. The number of hydrogen-bond acceptors (Lipinski definition) is 4. The van der Waals surface area contributed by atoms with E-state index in [4.69, 9.17) is 9.97 Å². The van der Waals surface area contributed by atoms with Crippen molar-refractivity contribution < 1.29 is 5.11 Å². The second-order valence-electron chi connectivity index (χ2n) is 7.14. The fraction of sp³-hybridized carbons (Fsp3) is 0. The van der Waals surface area contributed by atoms with Gasteiger partial charge in [-0.3, -0.25) is 4.98 Å². The Bertz CT molecular complexity index is 1270. The molecule has 32 heavy (non-hydrogen) atoms. The molecule has 5 heteroatoms. The van der Waals surface area contributed by atoms with Gasteiger partial charge >= 0.3 is 0 Å². The Balaban J connectivity index is 0.00000245. The summed E-state index contributed by atoms with van der Waals surface area (Å²) in [7, 11) is 0. The van der Waals surface area contributed by atoms with E-state index in [-0.39, 0.29) is 63.9 Å². The third-order valence-electron chi connectivity index (χ3n) is 5.06. The first-order valence-electron chi connectivity index (χ1n) is 10.0. The molecular formula is C27H19N3ORb. The van der Waals surface area contributed by atoms with Crippen LogP contribution >= 0.6 is 0 Å². The standard InChI is InChI=1S/C27H19N3O.Rb/c31-26-15-14-21(17-22(26)23-13-7-8-16-28-23)25-18-24(19-9-3-1-4-10-19)29-27(30-25)20-11-5-2-6-12-20;/h1-18,31H;. The molecule has 0 amide bonds. The summed E-state index contributed by atoms with van der Waals surface area (Å²) in [5.74, 6) is 0.840. The van der Waals surface area contributed by atoms with Crippen molar-refractivity contribution in [2.45, 2.75) is 0 Å². The molecule has 1 radical (unpaired) electrons. The van der Waals surface area contributed by atoms with Crippen molar-refractivity contribution in [2.75, 3.05) is 0 Å². The molecule has 0 bridgehead atoms. The summed E-state index contributed by atoms with van der Waals surface area (Å²) in [5.41, 5.74) is 5.86. The van der Waals surface area contributed by atoms with Gasteiger partial charge in [0.15, 0.2) is 5.82 Å². The number of phenolic OH excluding ortho intramolecular Hbond substituents is 1. The van der Waals surface area contributed by atoms with Crippen LogP contribution in [0.15, 0.2) is 109 Å². The molecule has 0 atom stereocenters. The number of nitrogens with zero attached hydrogens (tertiary/aromatic N) is 3. The predicted octanol–water partition coefficient (Wildman–Crippen LogP) is 5.86. The van der Waals surface area contributed by atoms with Gasteiger partial charge in [-0.1, -0.05) is 66.7 Å². The average Bonchev–Trinajstić information content (AvgIpc) is 2.86. The van der Waals surface area contributed by atoms with E-state index in [9.17, 15) is 5.11 Å². The molecular weight excluding hydrogens is 468 g/mol. The maximum atomic E-state index is 10.4. The first-order chi connectivity index (χ1) is 15.3. The molecule has 2 heterocycles. The van der Waals surface area contributed by atoms with E-state index in [1.54, 1.807) is 12.3 Å². The van der Waals surface area contributed by atoms with Crippen LogP contribution in [0.2, 0.25) is 0 Å². The number of hydrogen-bond donors (Lipinski definition) is 1. The van der Waals surface area contributed by atoms with Gasteiger partial charge in [0.05, 0.1) is 17.1 Å². The second-order valence-corrected chi connectivity index (χ2v) is 7.14. The van der Waals surface area contributed by atoms with Crippen molar-refractivity contribution >= 4 is 58.2 Å². The van der Waals surface area contributed by atoms with Crippen LogP contribution in [0.3, 0.4) is 0 Å². The molecule has 149 valence electrons. The van der Waals surface area contributed by atoms with Crippen LogP contribution in [0.5, 0.6) is 5.75 Å². The van der Waals surface area contributed by atoms with Gasteiger partial charge in [0.25, 0.3) is 0 Å². The van der Waals surface area contributed by atoms with Gasteiger partial charge in [0.2, 0.25) is 0 Å². The third kappa shape index (κ3) is 4.94. The normalized spacial score (nSPS) is 10.4. The number of aromatic nitrogens is 3. The largest absolute Gasteiger partial charge is 0.507 e. The Kier molecular flexibility index (Phi) is 7.38. The van der Waals surface area contributed by atoms with Crippen LogP contribution in [0, 0.1) is 0 Å². The Morgan fingerprint density at radius 2 is 1.16 bits per heavy atom. The molecule has 0 aliphatic rings. The number of benzene rings is 3. The zero-order valence-electron chi connectivity index (χ0n) is 17.7. The predicted molar refractivity (Wildman–Crippen MR) is 129 cm³/mol.